The molecular formula is C23H24N4O2. The predicted molar refractivity (Wildman–Crippen MR) is 115 cm³/mol. The second-order valence-electron chi connectivity index (χ2n) is 6.63. The standard InChI is InChI=1S/C23H24N4O2/c1-16-4-5-19(14-17(16)2)22(28)27-23(25-15-18-10-12-24-13-11-18)26-20-6-8-21(29-3)9-7-20/h4-14H,15H2,1-3H3,(H2,25,26,27,28). The molecule has 0 radical (unpaired) electrons. The molecule has 0 bridgehead atoms. The Kier molecular flexibility index (Phi) is 6.58. The van der Waals surface area contributed by atoms with Crippen molar-refractivity contribution >= 4 is 17.6 Å². The third-order valence-corrected chi connectivity index (χ3v) is 4.52. The van der Waals surface area contributed by atoms with Crippen LogP contribution in [0.5, 0.6) is 5.75 Å². The zero-order valence-corrected chi connectivity index (χ0v) is 16.8. The second-order valence-corrected chi connectivity index (χ2v) is 6.63. The van der Waals surface area contributed by atoms with Gasteiger partial charge in [0, 0.05) is 23.6 Å². The molecule has 2 aromatic carbocycles. The highest BCUT2D eigenvalue weighted by molar-refractivity contribution is 6.10. The van der Waals surface area contributed by atoms with Gasteiger partial charge in [-0.3, -0.25) is 15.1 Å². The van der Waals surface area contributed by atoms with Crippen molar-refractivity contribution in [3.63, 3.8) is 0 Å². The average Bonchev–Trinajstić information content (AvgIpc) is 2.75. The molecule has 1 amide bonds. The lowest BCUT2D eigenvalue weighted by Gasteiger charge is -2.13. The van der Waals surface area contributed by atoms with E-state index in [4.69, 9.17) is 4.74 Å². The van der Waals surface area contributed by atoms with Gasteiger partial charge in [0.25, 0.3) is 5.91 Å². The fourth-order valence-electron chi connectivity index (χ4n) is 2.64. The van der Waals surface area contributed by atoms with Crippen LogP contribution >= 0.6 is 0 Å². The molecule has 1 heterocycles. The van der Waals surface area contributed by atoms with E-state index in [2.05, 4.69) is 20.6 Å². The van der Waals surface area contributed by atoms with Gasteiger partial charge in [0.1, 0.15) is 5.75 Å². The fourth-order valence-corrected chi connectivity index (χ4v) is 2.64. The quantitative estimate of drug-likeness (QED) is 0.510. The number of guanidine groups is 1. The monoisotopic (exact) mass is 388 g/mol. The molecule has 6 heteroatoms. The van der Waals surface area contributed by atoms with Crippen LogP contribution in [0.25, 0.3) is 0 Å². The molecule has 0 spiro atoms. The van der Waals surface area contributed by atoms with E-state index in [1.807, 2.05) is 68.4 Å². The highest BCUT2D eigenvalue weighted by atomic mass is 16.5. The third-order valence-electron chi connectivity index (χ3n) is 4.52. The summed E-state index contributed by atoms with van der Waals surface area (Å²) in [5.41, 5.74) is 4.58. The van der Waals surface area contributed by atoms with Crippen LogP contribution in [0.2, 0.25) is 0 Å². The van der Waals surface area contributed by atoms with E-state index < -0.39 is 0 Å². The summed E-state index contributed by atoms with van der Waals surface area (Å²) in [6.45, 7) is 4.41. The van der Waals surface area contributed by atoms with Crippen LogP contribution in [-0.2, 0) is 6.54 Å². The van der Waals surface area contributed by atoms with Crippen LogP contribution in [0.4, 0.5) is 5.69 Å². The summed E-state index contributed by atoms with van der Waals surface area (Å²) in [5.74, 6) is 0.905. The van der Waals surface area contributed by atoms with E-state index in [1.54, 1.807) is 19.5 Å². The van der Waals surface area contributed by atoms with E-state index in [9.17, 15) is 4.79 Å². The zero-order chi connectivity index (χ0) is 20.6. The lowest BCUT2D eigenvalue weighted by Crippen LogP contribution is -2.36. The fraction of sp³-hybridized carbons (Fsp3) is 0.174. The lowest BCUT2D eigenvalue weighted by atomic mass is 10.1. The molecule has 0 saturated heterocycles. The number of nitrogens with one attached hydrogen (secondary N) is 2. The van der Waals surface area contributed by atoms with Gasteiger partial charge in [-0.2, -0.15) is 0 Å². The Hall–Kier alpha value is -3.67. The summed E-state index contributed by atoms with van der Waals surface area (Å²) in [6, 6.07) is 16.8. The van der Waals surface area contributed by atoms with E-state index in [0.29, 0.717) is 18.1 Å². The molecule has 0 fully saturated rings. The predicted octanol–water partition coefficient (Wildman–Crippen LogP) is 4.11. The van der Waals surface area contributed by atoms with Crippen molar-refractivity contribution in [2.24, 2.45) is 4.99 Å². The van der Waals surface area contributed by atoms with Gasteiger partial charge in [0.2, 0.25) is 5.96 Å². The number of nitrogens with zero attached hydrogens (tertiary/aromatic N) is 2. The van der Waals surface area contributed by atoms with Crippen LogP contribution in [0, 0.1) is 13.8 Å². The summed E-state index contributed by atoms with van der Waals surface area (Å²) in [6.07, 6.45) is 3.43. The molecule has 148 valence electrons. The molecule has 0 unspecified atom stereocenters. The van der Waals surface area contributed by atoms with Gasteiger partial charge in [-0.05, 0) is 79.1 Å². The first kappa shape index (κ1) is 20.1. The zero-order valence-electron chi connectivity index (χ0n) is 16.8. The summed E-state index contributed by atoms with van der Waals surface area (Å²) in [7, 11) is 1.62. The van der Waals surface area contributed by atoms with Crippen molar-refractivity contribution in [3.05, 3.63) is 89.2 Å². The van der Waals surface area contributed by atoms with E-state index in [1.165, 1.54) is 0 Å². The summed E-state index contributed by atoms with van der Waals surface area (Å²) in [5, 5.41) is 6.05. The van der Waals surface area contributed by atoms with Crippen LogP contribution in [0.1, 0.15) is 27.0 Å². The molecule has 2 N–H and O–H groups in total. The van der Waals surface area contributed by atoms with Crippen LogP contribution in [0.15, 0.2) is 72.0 Å². The number of hydrogen-bond donors (Lipinski definition) is 2. The minimum absolute atomic E-state index is 0.220. The van der Waals surface area contributed by atoms with E-state index in [-0.39, 0.29) is 5.91 Å². The maximum absolute atomic E-state index is 12.8. The van der Waals surface area contributed by atoms with Gasteiger partial charge >= 0.3 is 0 Å². The van der Waals surface area contributed by atoms with Crippen LogP contribution < -0.4 is 15.4 Å². The maximum Gasteiger partial charge on any atom is 0.257 e. The Morgan fingerprint density at radius 2 is 1.72 bits per heavy atom. The van der Waals surface area contributed by atoms with Crippen molar-refractivity contribution in [1.29, 1.82) is 0 Å². The number of carbonyl (C=O) groups is 1. The van der Waals surface area contributed by atoms with Gasteiger partial charge in [-0.1, -0.05) is 6.07 Å². The molecule has 1 aromatic heterocycles. The Morgan fingerprint density at radius 1 is 1.00 bits per heavy atom. The molecule has 0 atom stereocenters. The number of aromatic nitrogens is 1. The van der Waals surface area contributed by atoms with Crippen molar-refractivity contribution in [3.8, 4) is 5.75 Å². The Morgan fingerprint density at radius 3 is 2.38 bits per heavy atom. The molecule has 6 nitrogen and oxygen atoms in total. The largest absolute Gasteiger partial charge is 0.497 e. The minimum atomic E-state index is -0.220. The van der Waals surface area contributed by atoms with Gasteiger partial charge in [-0.15, -0.1) is 0 Å². The Bertz CT molecular complexity index is 999. The summed E-state index contributed by atoms with van der Waals surface area (Å²) < 4.78 is 5.19. The summed E-state index contributed by atoms with van der Waals surface area (Å²) in [4.78, 5) is 21.3. The number of benzene rings is 2. The number of methoxy groups -OCH3 is 1. The number of pyridine rings is 1. The topological polar surface area (TPSA) is 75.6 Å². The average molecular weight is 388 g/mol. The third kappa shape index (κ3) is 5.65. The molecule has 0 aliphatic rings. The van der Waals surface area contributed by atoms with Gasteiger partial charge < -0.3 is 10.1 Å². The first-order chi connectivity index (χ1) is 14.0. The Labute approximate surface area is 170 Å². The number of amides is 1. The van der Waals surface area contributed by atoms with Gasteiger partial charge in [0.05, 0.1) is 13.7 Å². The first-order valence-electron chi connectivity index (χ1n) is 9.28. The number of anilines is 1. The van der Waals surface area contributed by atoms with Crippen LogP contribution in [-0.4, -0.2) is 24.0 Å². The van der Waals surface area contributed by atoms with Gasteiger partial charge in [-0.25, -0.2) is 4.99 Å². The number of carbonyl (C=O) groups excluding carboxylic acids is 1. The van der Waals surface area contributed by atoms with Crippen molar-refractivity contribution in [1.82, 2.24) is 10.3 Å². The van der Waals surface area contributed by atoms with Crippen molar-refractivity contribution in [2.75, 3.05) is 12.4 Å². The molecular weight excluding hydrogens is 364 g/mol. The van der Waals surface area contributed by atoms with E-state index >= 15 is 0 Å². The van der Waals surface area contributed by atoms with Gasteiger partial charge in [0.15, 0.2) is 0 Å². The minimum Gasteiger partial charge on any atom is -0.497 e. The number of ether oxygens (including phenoxy) is 1. The second kappa shape index (κ2) is 9.50. The van der Waals surface area contributed by atoms with Crippen molar-refractivity contribution in [2.45, 2.75) is 20.4 Å². The molecule has 0 saturated carbocycles. The number of aryl methyl sites for hydroxylation is 2. The normalized spacial score (nSPS) is 11.1. The van der Waals surface area contributed by atoms with Crippen LogP contribution in [0.3, 0.4) is 0 Å². The molecule has 0 aliphatic heterocycles. The Balaban J connectivity index is 1.80. The molecule has 3 aromatic rings. The highest BCUT2D eigenvalue weighted by Gasteiger charge is 2.10. The van der Waals surface area contributed by atoms with Crippen molar-refractivity contribution < 1.29 is 9.53 Å². The summed E-state index contributed by atoms with van der Waals surface area (Å²) >= 11 is 0. The number of hydrogen-bond acceptors (Lipinski definition) is 4. The number of rotatable bonds is 5. The van der Waals surface area contributed by atoms with E-state index in [0.717, 1.165) is 28.1 Å². The SMILES string of the molecule is COc1ccc(NC(=NCc2ccncc2)NC(=O)c2ccc(C)c(C)c2)cc1. The number of aliphatic imine (C=N–C) groups is 1. The first-order valence-corrected chi connectivity index (χ1v) is 9.28. The smallest absolute Gasteiger partial charge is 0.257 e. The highest BCUT2D eigenvalue weighted by Crippen LogP contribution is 2.15. The molecule has 0 aliphatic carbocycles. The maximum atomic E-state index is 12.8. The molecule has 29 heavy (non-hydrogen) atoms. The lowest BCUT2D eigenvalue weighted by molar-refractivity contribution is 0.0977. The molecule has 3 rings (SSSR count).